The van der Waals surface area contributed by atoms with Crippen molar-refractivity contribution in [1.29, 1.82) is 0 Å². The number of aliphatic imine (C=N–C) groups is 1. The molecule has 0 radical (unpaired) electrons. The van der Waals surface area contributed by atoms with Crippen LogP contribution in [0.15, 0.2) is 9.79 Å². The van der Waals surface area contributed by atoms with Crippen LogP contribution in [0.1, 0.15) is 26.0 Å². The molecule has 0 saturated heterocycles. The molecule has 2 heterocycles. The number of nitrogens with one attached hydrogen (secondary N) is 1. The lowest BCUT2D eigenvalue weighted by molar-refractivity contribution is 0.785. The summed E-state index contributed by atoms with van der Waals surface area (Å²) in [6.07, 6.45) is 3.67. The summed E-state index contributed by atoms with van der Waals surface area (Å²) in [6, 6.07) is 0. The van der Waals surface area contributed by atoms with Gasteiger partial charge in [0.25, 0.3) is 0 Å². The molecule has 0 aromatic carbocycles. The Morgan fingerprint density at radius 2 is 2.23 bits per heavy atom. The Labute approximate surface area is 77.3 Å². The fraction of sp³-hybridized carbons (Fsp3) is 0.556. The molecule has 2 rings (SSSR count). The highest BCUT2D eigenvalue weighted by Crippen LogP contribution is 2.18. The van der Waals surface area contributed by atoms with E-state index in [0.29, 0.717) is 0 Å². The number of hydrogen-bond donors (Lipinski definition) is 1. The minimum absolute atomic E-state index is 0.0750. The van der Waals surface area contributed by atoms with Gasteiger partial charge in [-0.3, -0.25) is 9.55 Å². The first kappa shape index (κ1) is 9.77. The third-order valence-corrected chi connectivity index (χ3v) is 1.94. The number of nitrogens with zero attached hydrogens (tertiary/aromatic N) is 2. The third kappa shape index (κ3) is 1.71. The molecular formula is C9H15N3O. The van der Waals surface area contributed by atoms with Crippen LogP contribution in [0.2, 0.25) is 0 Å². The number of imidazole rings is 1. The van der Waals surface area contributed by atoms with Crippen LogP contribution in [0.4, 0.5) is 5.82 Å². The maximum absolute atomic E-state index is 11.0. The molecule has 4 nitrogen and oxygen atoms in total. The smallest absolute Gasteiger partial charge is 0.297 e. The van der Waals surface area contributed by atoms with Crippen LogP contribution >= 0.6 is 0 Å². The molecule has 1 aromatic heterocycles. The molecule has 1 N–H and O–H groups in total. The predicted octanol–water partition coefficient (Wildman–Crippen LogP) is 1.39. The standard InChI is InChI=1S/C7H9N3O.C2H6/c1-10-5-3-2-4-8-6(5)9-7(10)11;1-2/h4H,2-3H2,1H3,(H,9,11);1-2H3. The number of fused-ring (bicyclic) bond motifs is 1. The predicted molar refractivity (Wildman–Crippen MR) is 53.9 cm³/mol. The van der Waals surface area contributed by atoms with Crippen LogP contribution in [-0.4, -0.2) is 15.8 Å². The van der Waals surface area contributed by atoms with Crippen molar-refractivity contribution < 1.29 is 0 Å². The Kier molecular flexibility index (Phi) is 3.06. The molecule has 1 aromatic rings. The van der Waals surface area contributed by atoms with E-state index in [4.69, 9.17) is 0 Å². The quantitative estimate of drug-likeness (QED) is 0.646. The maximum atomic E-state index is 11.0. The van der Waals surface area contributed by atoms with Gasteiger partial charge < -0.3 is 0 Å². The van der Waals surface area contributed by atoms with Crippen LogP contribution in [0.25, 0.3) is 0 Å². The highest BCUT2D eigenvalue weighted by Gasteiger charge is 2.11. The largest absolute Gasteiger partial charge is 0.327 e. The fourth-order valence-electron chi connectivity index (χ4n) is 1.29. The van der Waals surface area contributed by atoms with E-state index in [2.05, 4.69) is 9.98 Å². The average Bonchev–Trinajstić information content (AvgIpc) is 2.47. The number of aromatic amines is 1. The van der Waals surface area contributed by atoms with Crippen LogP contribution in [0, 0.1) is 0 Å². The molecule has 1 aliphatic rings. The normalized spacial score (nSPS) is 13.2. The van der Waals surface area contributed by atoms with E-state index < -0.39 is 0 Å². The third-order valence-electron chi connectivity index (χ3n) is 1.94. The molecule has 13 heavy (non-hydrogen) atoms. The summed E-state index contributed by atoms with van der Waals surface area (Å²) in [4.78, 5) is 17.8. The highest BCUT2D eigenvalue weighted by atomic mass is 16.1. The SMILES string of the molecule is CC.Cn1c2c([nH]c1=O)N=CCC2. The van der Waals surface area contributed by atoms with Gasteiger partial charge in [0.2, 0.25) is 0 Å². The van der Waals surface area contributed by atoms with Gasteiger partial charge in [0.15, 0.2) is 5.82 Å². The summed E-state index contributed by atoms with van der Waals surface area (Å²) in [5.74, 6) is 0.726. The maximum Gasteiger partial charge on any atom is 0.327 e. The van der Waals surface area contributed by atoms with Gasteiger partial charge in [0.05, 0.1) is 5.69 Å². The molecule has 72 valence electrons. The van der Waals surface area contributed by atoms with Gasteiger partial charge >= 0.3 is 5.69 Å². The molecule has 0 amide bonds. The fourth-order valence-corrected chi connectivity index (χ4v) is 1.29. The van der Waals surface area contributed by atoms with Gasteiger partial charge in [0.1, 0.15) is 0 Å². The Bertz CT molecular complexity index is 359. The van der Waals surface area contributed by atoms with E-state index in [0.717, 1.165) is 24.4 Å². The van der Waals surface area contributed by atoms with Crippen molar-refractivity contribution in [2.45, 2.75) is 26.7 Å². The van der Waals surface area contributed by atoms with Crippen molar-refractivity contribution in [3.05, 3.63) is 16.2 Å². The number of hydrogen-bond acceptors (Lipinski definition) is 2. The van der Waals surface area contributed by atoms with Crippen LogP contribution in [0.5, 0.6) is 0 Å². The summed E-state index contributed by atoms with van der Waals surface area (Å²) in [5, 5.41) is 0. The van der Waals surface area contributed by atoms with E-state index in [-0.39, 0.29) is 5.69 Å². The Balaban J connectivity index is 0.000000396. The van der Waals surface area contributed by atoms with Crippen molar-refractivity contribution >= 4 is 12.0 Å². The molecule has 0 unspecified atom stereocenters. The van der Waals surface area contributed by atoms with E-state index in [1.54, 1.807) is 11.6 Å². The monoisotopic (exact) mass is 181 g/mol. The van der Waals surface area contributed by atoms with Gasteiger partial charge in [-0.15, -0.1) is 0 Å². The lowest BCUT2D eigenvalue weighted by atomic mass is 10.2. The minimum Gasteiger partial charge on any atom is -0.297 e. The van der Waals surface area contributed by atoms with Crippen molar-refractivity contribution in [3.8, 4) is 0 Å². The zero-order chi connectivity index (χ0) is 9.84. The second kappa shape index (κ2) is 4.07. The first-order valence-electron chi connectivity index (χ1n) is 4.59. The lowest BCUT2D eigenvalue weighted by Gasteiger charge is -2.03. The second-order valence-corrected chi connectivity index (χ2v) is 2.63. The highest BCUT2D eigenvalue weighted by molar-refractivity contribution is 5.65. The van der Waals surface area contributed by atoms with Gasteiger partial charge in [-0.05, 0) is 12.8 Å². The van der Waals surface area contributed by atoms with Gasteiger partial charge in [-0.2, -0.15) is 0 Å². The first-order valence-corrected chi connectivity index (χ1v) is 4.59. The van der Waals surface area contributed by atoms with Crippen LogP contribution in [0.3, 0.4) is 0 Å². The Morgan fingerprint density at radius 1 is 1.54 bits per heavy atom. The molecule has 0 fully saturated rings. The van der Waals surface area contributed by atoms with Crippen LogP contribution < -0.4 is 5.69 Å². The number of H-pyrrole nitrogens is 1. The van der Waals surface area contributed by atoms with Crippen LogP contribution in [-0.2, 0) is 13.5 Å². The molecule has 0 atom stereocenters. The van der Waals surface area contributed by atoms with E-state index in [9.17, 15) is 4.79 Å². The topological polar surface area (TPSA) is 50.1 Å². The number of aromatic nitrogens is 2. The summed E-state index contributed by atoms with van der Waals surface area (Å²) < 4.78 is 1.62. The Hall–Kier alpha value is -1.32. The van der Waals surface area contributed by atoms with Gasteiger partial charge in [0, 0.05) is 13.3 Å². The van der Waals surface area contributed by atoms with E-state index in [1.165, 1.54) is 0 Å². The number of rotatable bonds is 0. The Morgan fingerprint density at radius 3 is 2.85 bits per heavy atom. The molecule has 4 heteroatoms. The molecule has 0 aliphatic carbocycles. The molecule has 0 saturated carbocycles. The lowest BCUT2D eigenvalue weighted by Crippen LogP contribution is -2.14. The van der Waals surface area contributed by atoms with Gasteiger partial charge in [-0.25, -0.2) is 9.79 Å². The van der Waals surface area contributed by atoms with Crippen molar-refractivity contribution in [2.75, 3.05) is 0 Å². The minimum atomic E-state index is -0.0750. The van der Waals surface area contributed by atoms with E-state index >= 15 is 0 Å². The molecule has 1 aliphatic heterocycles. The zero-order valence-electron chi connectivity index (χ0n) is 8.29. The average molecular weight is 181 g/mol. The molecule has 0 bridgehead atoms. The van der Waals surface area contributed by atoms with Crippen molar-refractivity contribution in [3.63, 3.8) is 0 Å². The summed E-state index contributed by atoms with van der Waals surface area (Å²) in [6.45, 7) is 4.00. The molecular weight excluding hydrogens is 166 g/mol. The zero-order valence-corrected chi connectivity index (χ0v) is 8.29. The summed E-state index contributed by atoms with van der Waals surface area (Å²) in [5.41, 5.74) is 0.937. The van der Waals surface area contributed by atoms with Gasteiger partial charge in [-0.1, -0.05) is 13.8 Å². The first-order chi connectivity index (χ1) is 6.29. The summed E-state index contributed by atoms with van der Waals surface area (Å²) in [7, 11) is 1.76. The summed E-state index contributed by atoms with van der Waals surface area (Å²) >= 11 is 0. The molecule has 0 spiro atoms. The van der Waals surface area contributed by atoms with Crippen molar-refractivity contribution in [2.24, 2.45) is 12.0 Å². The van der Waals surface area contributed by atoms with E-state index in [1.807, 2.05) is 20.1 Å². The second-order valence-electron chi connectivity index (χ2n) is 2.63. The van der Waals surface area contributed by atoms with Crippen molar-refractivity contribution in [1.82, 2.24) is 9.55 Å².